The number of hydrogen-bond donors (Lipinski definition) is 0. The minimum Gasteiger partial charge on any atom is -0.468 e. The van der Waals surface area contributed by atoms with Gasteiger partial charge in [0.1, 0.15) is 5.76 Å². The van der Waals surface area contributed by atoms with Crippen LogP contribution in [0.5, 0.6) is 0 Å². The van der Waals surface area contributed by atoms with Gasteiger partial charge in [-0.05, 0) is 30.3 Å². The minimum absolute atomic E-state index is 0.246. The van der Waals surface area contributed by atoms with Gasteiger partial charge in [-0.15, -0.1) is 0 Å². The van der Waals surface area contributed by atoms with Crippen molar-refractivity contribution < 1.29 is 13.9 Å². The average molecular weight is 291 g/mol. The Labute approximate surface area is 127 Å². The van der Waals surface area contributed by atoms with Crippen molar-refractivity contribution in [1.29, 1.82) is 5.26 Å². The van der Waals surface area contributed by atoms with E-state index in [1.165, 1.54) is 0 Å². The van der Waals surface area contributed by atoms with Crippen molar-refractivity contribution in [2.24, 2.45) is 0 Å². The summed E-state index contributed by atoms with van der Waals surface area (Å²) in [5.41, 5.74) is 1.13. The first-order valence-electron chi connectivity index (χ1n) is 6.90. The molecule has 0 atom stereocenters. The summed E-state index contributed by atoms with van der Waals surface area (Å²) in [6, 6.07) is 16.3. The van der Waals surface area contributed by atoms with Crippen molar-refractivity contribution in [1.82, 2.24) is 0 Å². The van der Waals surface area contributed by atoms with E-state index in [4.69, 9.17) is 14.4 Å². The highest BCUT2D eigenvalue weighted by Gasteiger charge is 2.10. The lowest BCUT2D eigenvalue weighted by Gasteiger charge is -2.03. The molecule has 0 radical (unpaired) electrons. The first-order chi connectivity index (χ1) is 10.8. The Balaban J connectivity index is 1.65. The summed E-state index contributed by atoms with van der Waals surface area (Å²) in [4.78, 5) is 11.8. The molecule has 0 aliphatic heterocycles. The first kappa shape index (κ1) is 13.9. The number of rotatable bonds is 4. The smallest absolute Gasteiger partial charge is 0.338 e. The first-order valence-corrected chi connectivity index (χ1v) is 6.90. The largest absolute Gasteiger partial charge is 0.468 e. The molecule has 0 aliphatic rings. The zero-order chi connectivity index (χ0) is 15.4. The zero-order valence-corrected chi connectivity index (χ0v) is 11.8. The average Bonchev–Trinajstić information content (AvgIpc) is 2.98. The van der Waals surface area contributed by atoms with Crippen LogP contribution in [0, 0.1) is 11.3 Å². The van der Waals surface area contributed by atoms with Crippen LogP contribution in [-0.4, -0.2) is 12.6 Å². The molecular formula is C18H13NO3. The van der Waals surface area contributed by atoms with Crippen molar-refractivity contribution in [3.05, 3.63) is 71.7 Å². The maximum atomic E-state index is 11.8. The second-order valence-electron chi connectivity index (χ2n) is 4.82. The van der Waals surface area contributed by atoms with Gasteiger partial charge in [0, 0.05) is 17.2 Å². The molecular weight excluding hydrogens is 278 g/mol. The number of carbonyl (C=O) groups excluding carboxylic acids is 1. The fourth-order valence-corrected chi connectivity index (χ4v) is 2.27. The number of nitriles is 1. The second-order valence-corrected chi connectivity index (χ2v) is 4.82. The molecule has 0 unspecified atom stereocenters. The number of fused-ring (bicyclic) bond motifs is 1. The van der Waals surface area contributed by atoms with Gasteiger partial charge in [-0.3, -0.25) is 0 Å². The molecule has 2 aromatic carbocycles. The topological polar surface area (TPSA) is 63.2 Å². The van der Waals surface area contributed by atoms with Gasteiger partial charge in [0.25, 0.3) is 0 Å². The molecule has 4 heteroatoms. The second kappa shape index (κ2) is 6.15. The van der Waals surface area contributed by atoms with E-state index in [2.05, 4.69) is 6.07 Å². The Morgan fingerprint density at radius 3 is 2.77 bits per heavy atom. The molecule has 4 nitrogen and oxygen atoms in total. The number of nitrogens with zero attached hydrogens (tertiary/aromatic N) is 1. The molecule has 0 fully saturated rings. The number of ether oxygens (including phenoxy) is 1. The SMILES string of the molecule is N#Cc1ccc2c(CCOC(=O)c3ccccc3)occ2c1. The third-order valence-corrected chi connectivity index (χ3v) is 3.38. The van der Waals surface area contributed by atoms with Gasteiger partial charge in [-0.25, -0.2) is 4.79 Å². The summed E-state index contributed by atoms with van der Waals surface area (Å²) >= 11 is 0. The standard InChI is InChI=1S/C18H13NO3/c19-11-13-6-7-16-15(10-13)12-22-17(16)8-9-21-18(20)14-4-2-1-3-5-14/h1-7,10,12H,8-9H2. The Morgan fingerprint density at radius 1 is 1.18 bits per heavy atom. The van der Waals surface area contributed by atoms with Crippen molar-refractivity contribution >= 4 is 16.7 Å². The van der Waals surface area contributed by atoms with E-state index >= 15 is 0 Å². The molecule has 1 heterocycles. The Bertz CT molecular complexity index is 844. The molecule has 3 rings (SSSR count). The van der Waals surface area contributed by atoms with Crippen LogP contribution >= 0.6 is 0 Å². The van der Waals surface area contributed by atoms with Crippen LogP contribution in [0.2, 0.25) is 0 Å². The maximum Gasteiger partial charge on any atom is 0.338 e. The van der Waals surface area contributed by atoms with Crippen molar-refractivity contribution in [2.45, 2.75) is 6.42 Å². The van der Waals surface area contributed by atoms with E-state index in [1.54, 1.807) is 42.7 Å². The summed E-state index contributed by atoms with van der Waals surface area (Å²) < 4.78 is 10.7. The van der Waals surface area contributed by atoms with E-state index in [0.717, 1.165) is 16.5 Å². The quantitative estimate of drug-likeness (QED) is 0.687. The third-order valence-electron chi connectivity index (χ3n) is 3.38. The van der Waals surface area contributed by atoms with Gasteiger partial charge in [-0.1, -0.05) is 18.2 Å². The Morgan fingerprint density at radius 2 is 2.00 bits per heavy atom. The van der Waals surface area contributed by atoms with Gasteiger partial charge in [-0.2, -0.15) is 5.26 Å². The number of benzene rings is 2. The number of hydrogen-bond acceptors (Lipinski definition) is 4. The van der Waals surface area contributed by atoms with E-state index in [-0.39, 0.29) is 12.6 Å². The highest BCUT2D eigenvalue weighted by Crippen LogP contribution is 2.22. The molecule has 0 aliphatic carbocycles. The predicted molar refractivity (Wildman–Crippen MR) is 81.4 cm³/mol. The van der Waals surface area contributed by atoms with Gasteiger partial charge in [0.15, 0.2) is 0 Å². The van der Waals surface area contributed by atoms with Crippen LogP contribution in [0.3, 0.4) is 0 Å². The van der Waals surface area contributed by atoms with E-state index in [9.17, 15) is 4.79 Å². The summed E-state index contributed by atoms with van der Waals surface area (Å²) in [5, 5.41) is 10.7. The molecule has 0 saturated carbocycles. The van der Waals surface area contributed by atoms with Crippen LogP contribution in [0.4, 0.5) is 0 Å². The molecule has 0 bridgehead atoms. The highest BCUT2D eigenvalue weighted by molar-refractivity contribution is 5.89. The fraction of sp³-hybridized carbons (Fsp3) is 0.111. The highest BCUT2D eigenvalue weighted by atomic mass is 16.5. The van der Waals surface area contributed by atoms with Crippen molar-refractivity contribution in [3.63, 3.8) is 0 Å². The molecule has 0 saturated heterocycles. The van der Waals surface area contributed by atoms with E-state index < -0.39 is 0 Å². The third kappa shape index (κ3) is 2.84. The summed E-state index contributed by atoms with van der Waals surface area (Å²) in [7, 11) is 0. The van der Waals surface area contributed by atoms with Crippen LogP contribution in [0.25, 0.3) is 10.8 Å². The van der Waals surface area contributed by atoms with Crippen LogP contribution < -0.4 is 0 Å². The maximum absolute atomic E-state index is 11.8. The fourth-order valence-electron chi connectivity index (χ4n) is 2.27. The van der Waals surface area contributed by atoms with Gasteiger partial charge < -0.3 is 9.15 Å². The summed E-state index contributed by atoms with van der Waals surface area (Å²) in [6.45, 7) is 0.246. The predicted octanol–water partition coefficient (Wildman–Crippen LogP) is 3.70. The van der Waals surface area contributed by atoms with Crippen LogP contribution in [0.15, 0.2) is 59.2 Å². The lowest BCUT2D eigenvalue weighted by atomic mass is 10.1. The monoisotopic (exact) mass is 291 g/mol. The van der Waals surface area contributed by atoms with Crippen LogP contribution in [-0.2, 0) is 11.2 Å². The summed E-state index contributed by atoms with van der Waals surface area (Å²) in [5.74, 6) is 0.406. The number of furan rings is 1. The Kier molecular flexibility index (Phi) is 3.88. The van der Waals surface area contributed by atoms with Gasteiger partial charge in [0.05, 0.1) is 30.1 Å². The lowest BCUT2D eigenvalue weighted by molar-refractivity contribution is 0.0505. The normalized spacial score (nSPS) is 10.3. The lowest BCUT2D eigenvalue weighted by Crippen LogP contribution is -2.07. The number of esters is 1. The Hall–Kier alpha value is -3.06. The molecule has 3 aromatic rings. The number of carbonyl (C=O) groups is 1. The molecule has 108 valence electrons. The van der Waals surface area contributed by atoms with Gasteiger partial charge >= 0.3 is 5.97 Å². The summed E-state index contributed by atoms with van der Waals surface area (Å²) in [6.07, 6.45) is 2.11. The zero-order valence-electron chi connectivity index (χ0n) is 11.8. The molecule has 22 heavy (non-hydrogen) atoms. The van der Waals surface area contributed by atoms with Crippen LogP contribution in [0.1, 0.15) is 21.7 Å². The molecule has 0 amide bonds. The molecule has 0 spiro atoms. The van der Waals surface area contributed by atoms with E-state index in [1.807, 2.05) is 12.1 Å². The molecule has 0 N–H and O–H groups in total. The molecule has 1 aromatic heterocycles. The van der Waals surface area contributed by atoms with Gasteiger partial charge in [0.2, 0.25) is 0 Å². The van der Waals surface area contributed by atoms with E-state index in [0.29, 0.717) is 17.5 Å². The van der Waals surface area contributed by atoms with Crippen molar-refractivity contribution in [2.75, 3.05) is 6.61 Å². The van der Waals surface area contributed by atoms with Crippen molar-refractivity contribution in [3.8, 4) is 6.07 Å². The minimum atomic E-state index is -0.344.